The van der Waals surface area contributed by atoms with Crippen LogP contribution in [0.5, 0.6) is 11.5 Å². The molecule has 3 aromatic rings. The van der Waals surface area contributed by atoms with E-state index in [4.69, 9.17) is 9.47 Å². The molecule has 1 aromatic heterocycles. The van der Waals surface area contributed by atoms with Crippen molar-refractivity contribution in [2.75, 3.05) is 19.0 Å². The van der Waals surface area contributed by atoms with Crippen molar-refractivity contribution in [3.63, 3.8) is 0 Å². The molecule has 1 heterocycles. The van der Waals surface area contributed by atoms with E-state index in [1.807, 2.05) is 24.3 Å². The van der Waals surface area contributed by atoms with Crippen molar-refractivity contribution in [3.05, 3.63) is 53.1 Å². The summed E-state index contributed by atoms with van der Waals surface area (Å²) in [4.78, 5) is 4.33. The van der Waals surface area contributed by atoms with Gasteiger partial charge in [0.2, 0.25) is 0 Å². The molecule has 0 unspecified atom stereocenters. The van der Waals surface area contributed by atoms with E-state index in [-0.39, 0.29) is 0 Å². The van der Waals surface area contributed by atoms with Crippen molar-refractivity contribution in [2.24, 2.45) is 0 Å². The number of nitrogens with one attached hydrogen (secondary N) is 1. The normalized spacial score (nSPS) is 10.9. The maximum absolute atomic E-state index is 12.4. The summed E-state index contributed by atoms with van der Waals surface area (Å²) in [5.41, 5.74) is 2.33. The number of alkyl halides is 2. The molecule has 0 spiro atoms. The second-order valence-corrected chi connectivity index (χ2v) is 6.16. The van der Waals surface area contributed by atoms with Gasteiger partial charge >= 0.3 is 0 Å². The molecule has 7 heteroatoms. The second kappa shape index (κ2) is 7.65. The Balaban J connectivity index is 1.94. The predicted octanol–water partition coefficient (Wildman–Crippen LogP) is 5.39. The molecule has 0 amide bonds. The monoisotopic (exact) mass is 408 g/mol. The SMILES string of the molecule is COc1cc(Nc2ccnc3ccc(Br)cc23)cc(OCC(F)F)c1. The van der Waals surface area contributed by atoms with Crippen molar-refractivity contribution in [2.45, 2.75) is 6.43 Å². The molecule has 130 valence electrons. The number of nitrogens with zero attached hydrogens (tertiary/aromatic N) is 1. The first-order valence-corrected chi connectivity index (χ1v) is 8.26. The lowest BCUT2D eigenvalue weighted by Gasteiger charge is -2.13. The van der Waals surface area contributed by atoms with Crippen LogP contribution < -0.4 is 14.8 Å². The summed E-state index contributed by atoms with van der Waals surface area (Å²) in [5, 5.41) is 4.19. The first-order chi connectivity index (χ1) is 12.0. The van der Waals surface area contributed by atoms with E-state index in [9.17, 15) is 8.78 Å². The van der Waals surface area contributed by atoms with Crippen LogP contribution in [-0.4, -0.2) is 25.1 Å². The van der Waals surface area contributed by atoms with Crippen LogP contribution in [0.2, 0.25) is 0 Å². The van der Waals surface area contributed by atoms with Crippen LogP contribution in [-0.2, 0) is 0 Å². The summed E-state index contributed by atoms with van der Waals surface area (Å²) in [6.45, 7) is -0.669. The van der Waals surface area contributed by atoms with Gasteiger partial charge in [-0.1, -0.05) is 15.9 Å². The third-order valence-corrected chi connectivity index (χ3v) is 3.97. The van der Waals surface area contributed by atoms with Gasteiger partial charge in [0.1, 0.15) is 18.1 Å². The number of ether oxygens (including phenoxy) is 2. The Morgan fingerprint density at radius 2 is 1.92 bits per heavy atom. The highest BCUT2D eigenvalue weighted by atomic mass is 79.9. The van der Waals surface area contributed by atoms with Gasteiger partial charge in [-0.3, -0.25) is 4.98 Å². The number of pyridine rings is 1. The zero-order chi connectivity index (χ0) is 17.8. The van der Waals surface area contributed by atoms with Gasteiger partial charge in [-0.05, 0) is 24.3 Å². The summed E-state index contributed by atoms with van der Waals surface area (Å²) in [5.74, 6) is 0.815. The van der Waals surface area contributed by atoms with E-state index in [2.05, 4.69) is 26.2 Å². The number of anilines is 2. The topological polar surface area (TPSA) is 43.4 Å². The molecule has 0 saturated carbocycles. The van der Waals surface area contributed by atoms with Crippen LogP contribution in [0.1, 0.15) is 0 Å². The zero-order valence-electron chi connectivity index (χ0n) is 13.3. The molecule has 0 bridgehead atoms. The molecule has 0 aliphatic rings. The second-order valence-electron chi connectivity index (χ2n) is 5.24. The van der Waals surface area contributed by atoms with E-state index in [1.54, 1.807) is 24.4 Å². The molecule has 0 fully saturated rings. The van der Waals surface area contributed by atoms with Gasteiger partial charge in [-0.25, -0.2) is 8.78 Å². The van der Waals surface area contributed by atoms with Crippen molar-refractivity contribution < 1.29 is 18.3 Å². The number of hydrogen-bond donors (Lipinski definition) is 1. The standard InChI is InChI=1S/C18H15BrF2N2O2/c1-24-13-7-12(8-14(9-13)25-10-18(20)21)23-17-4-5-22-16-3-2-11(19)6-15(16)17/h2-9,18H,10H2,1H3,(H,22,23). The average molecular weight is 409 g/mol. The van der Waals surface area contributed by atoms with Crippen LogP contribution in [0.25, 0.3) is 10.9 Å². The molecule has 0 radical (unpaired) electrons. The molecule has 0 atom stereocenters. The van der Waals surface area contributed by atoms with Crippen LogP contribution >= 0.6 is 15.9 Å². The number of aromatic nitrogens is 1. The molecular formula is C18H15BrF2N2O2. The van der Waals surface area contributed by atoms with Gasteiger partial charge in [-0.15, -0.1) is 0 Å². The van der Waals surface area contributed by atoms with Gasteiger partial charge in [0.05, 0.1) is 12.6 Å². The van der Waals surface area contributed by atoms with Gasteiger partial charge in [0, 0.05) is 45.6 Å². The van der Waals surface area contributed by atoms with E-state index in [0.29, 0.717) is 17.2 Å². The molecule has 1 N–H and O–H groups in total. The van der Waals surface area contributed by atoms with Gasteiger partial charge < -0.3 is 14.8 Å². The van der Waals surface area contributed by atoms with E-state index < -0.39 is 13.0 Å². The van der Waals surface area contributed by atoms with Crippen molar-refractivity contribution in [1.82, 2.24) is 4.98 Å². The Labute approximate surface area is 151 Å². The van der Waals surface area contributed by atoms with Crippen LogP contribution in [0.4, 0.5) is 20.2 Å². The summed E-state index contributed by atoms with van der Waals surface area (Å²) in [6, 6.07) is 12.6. The zero-order valence-corrected chi connectivity index (χ0v) is 14.9. The number of halogens is 3. The Hall–Kier alpha value is -2.41. The predicted molar refractivity (Wildman–Crippen MR) is 97.2 cm³/mol. The number of methoxy groups -OCH3 is 1. The Bertz CT molecular complexity index is 890. The summed E-state index contributed by atoms with van der Waals surface area (Å²) < 4.78 is 36.0. The highest BCUT2D eigenvalue weighted by Gasteiger charge is 2.09. The fourth-order valence-corrected chi connectivity index (χ4v) is 2.75. The van der Waals surface area contributed by atoms with Crippen molar-refractivity contribution >= 4 is 38.2 Å². The number of fused-ring (bicyclic) bond motifs is 1. The summed E-state index contributed by atoms with van der Waals surface area (Å²) >= 11 is 3.45. The van der Waals surface area contributed by atoms with Crippen LogP contribution in [0.3, 0.4) is 0 Å². The molecule has 0 aliphatic carbocycles. The molecule has 0 aliphatic heterocycles. The lowest BCUT2D eigenvalue weighted by Crippen LogP contribution is -2.07. The lowest BCUT2D eigenvalue weighted by molar-refractivity contribution is 0.0818. The first kappa shape index (κ1) is 17.4. The number of benzene rings is 2. The fraction of sp³-hybridized carbons (Fsp3) is 0.167. The number of rotatable bonds is 6. The number of hydrogen-bond acceptors (Lipinski definition) is 4. The average Bonchev–Trinajstić information content (AvgIpc) is 2.60. The van der Waals surface area contributed by atoms with E-state index in [0.717, 1.165) is 21.1 Å². The maximum atomic E-state index is 12.4. The van der Waals surface area contributed by atoms with E-state index in [1.165, 1.54) is 7.11 Å². The van der Waals surface area contributed by atoms with Crippen molar-refractivity contribution in [1.29, 1.82) is 0 Å². The molecule has 0 saturated heterocycles. The minimum Gasteiger partial charge on any atom is -0.497 e. The molecule has 25 heavy (non-hydrogen) atoms. The largest absolute Gasteiger partial charge is 0.497 e. The molecule has 4 nitrogen and oxygen atoms in total. The van der Waals surface area contributed by atoms with Crippen LogP contribution in [0, 0.1) is 0 Å². The minimum atomic E-state index is -2.54. The Morgan fingerprint density at radius 1 is 1.12 bits per heavy atom. The maximum Gasteiger partial charge on any atom is 0.272 e. The molecule has 3 rings (SSSR count). The summed E-state index contributed by atoms with van der Waals surface area (Å²) in [7, 11) is 1.51. The smallest absolute Gasteiger partial charge is 0.272 e. The lowest BCUT2D eigenvalue weighted by atomic mass is 10.2. The van der Waals surface area contributed by atoms with Gasteiger partial charge in [0.15, 0.2) is 0 Å². The van der Waals surface area contributed by atoms with Gasteiger partial charge in [-0.2, -0.15) is 0 Å². The molecule has 2 aromatic carbocycles. The first-order valence-electron chi connectivity index (χ1n) is 7.46. The highest BCUT2D eigenvalue weighted by molar-refractivity contribution is 9.10. The minimum absolute atomic E-state index is 0.307. The quantitative estimate of drug-likeness (QED) is 0.593. The highest BCUT2D eigenvalue weighted by Crippen LogP contribution is 2.31. The Kier molecular flexibility index (Phi) is 5.33. The summed E-state index contributed by atoms with van der Waals surface area (Å²) in [6.07, 6.45) is -0.837. The van der Waals surface area contributed by atoms with Crippen LogP contribution in [0.15, 0.2) is 53.1 Å². The third kappa shape index (κ3) is 4.36. The molecular weight excluding hydrogens is 394 g/mol. The van der Waals surface area contributed by atoms with Crippen molar-refractivity contribution in [3.8, 4) is 11.5 Å². The Morgan fingerprint density at radius 3 is 2.68 bits per heavy atom. The van der Waals surface area contributed by atoms with Gasteiger partial charge in [0.25, 0.3) is 6.43 Å². The fourth-order valence-electron chi connectivity index (χ4n) is 2.39. The van der Waals surface area contributed by atoms with E-state index >= 15 is 0 Å². The third-order valence-electron chi connectivity index (χ3n) is 3.47.